The molecule has 2 nitrogen and oxygen atoms in total. The first-order chi connectivity index (χ1) is 6.90. The van der Waals surface area contributed by atoms with E-state index in [1.165, 1.54) is 4.88 Å². The lowest BCUT2D eigenvalue weighted by atomic mass is 10.3. The molecule has 2 N–H and O–H groups in total. The average molecular weight is 242 g/mol. The molecule has 0 bridgehead atoms. The first-order valence-corrected chi connectivity index (χ1v) is 6.83. The van der Waals surface area contributed by atoms with Crippen molar-refractivity contribution in [1.29, 1.82) is 0 Å². The molecule has 0 amide bonds. The summed E-state index contributed by atoms with van der Waals surface area (Å²) in [6.45, 7) is 0.658. The summed E-state index contributed by atoms with van der Waals surface area (Å²) in [6.07, 6.45) is 1.83. The maximum atomic E-state index is 5.74. The second-order valence-electron chi connectivity index (χ2n) is 2.66. The van der Waals surface area contributed by atoms with E-state index in [-0.39, 0.29) is 0 Å². The smallest absolute Gasteiger partial charge is 0.150 e. The zero-order chi connectivity index (χ0) is 9.80. The number of nitrogens with zero attached hydrogens (tertiary/aromatic N) is 1. The first kappa shape index (κ1) is 10.2. The van der Waals surface area contributed by atoms with Gasteiger partial charge in [0.25, 0.3) is 0 Å². The van der Waals surface area contributed by atoms with Gasteiger partial charge in [-0.1, -0.05) is 17.8 Å². The van der Waals surface area contributed by atoms with Crippen LogP contribution in [0.5, 0.6) is 0 Å². The Labute approximate surface area is 95.2 Å². The summed E-state index contributed by atoms with van der Waals surface area (Å²) in [5, 5.41) is 4.42. The molecule has 0 saturated heterocycles. The van der Waals surface area contributed by atoms with Crippen LogP contribution >= 0.6 is 34.4 Å². The molecule has 0 fully saturated rings. The number of hydrogen-bond donors (Lipinski definition) is 1. The fraction of sp³-hybridized carbons (Fsp3) is 0.222. The number of rotatable bonds is 4. The molecule has 1 atom stereocenters. The van der Waals surface area contributed by atoms with E-state index in [0.717, 1.165) is 4.34 Å². The van der Waals surface area contributed by atoms with E-state index in [9.17, 15) is 0 Å². The van der Waals surface area contributed by atoms with Crippen LogP contribution in [0, 0.1) is 0 Å². The van der Waals surface area contributed by atoms with Gasteiger partial charge in [0, 0.05) is 23.0 Å². The van der Waals surface area contributed by atoms with Crippen molar-refractivity contribution in [2.45, 2.75) is 9.59 Å². The van der Waals surface area contributed by atoms with Crippen LogP contribution in [-0.4, -0.2) is 11.5 Å². The van der Waals surface area contributed by atoms with Crippen molar-refractivity contribution in [1.82, 2.24) is 4.98 Å². The molecule has 0 aliphatic heterocycles. The van der Waals surface area contributed by atoms with Crippen molar-refractivity contribution in [3.63, 3.8) is 0 Å². The van der Waals surface area contributed by atoms with Crippen molar-refractivity contribution in [3.05, 3.63) is 34.0 Å². The topological polar surface area (TPSA) is 38.9 Å². The van der Waals surface area contributed by atoms with Crippen LogP contribution in [0.3, 0.4) is 0 Å². The normalized spacial score (nSPS) is 12.9. The molecular weight excluding hydrogens is 232 g/mol. The molecule has 0 saturated carbocycles. The third-order valence-electron chi connectivity index (χ3n) is 1.73. The lowest BCUT2D eigenvalue weighted by Crippen LogP contribution is -2.07. The third kappa shape index (κ3) is 2.36. The highest BCUT2D eigenvalue weighted by atomic mass is 32.2. The molecule has 2 aromatic heterocycles. The Bertz CT molecular complexity index is 355. The Kier molecular flexibility index (Phi) is 3.58. The predicted octanol–water partition coefficient (Wildman–Crippen LogP) is 3.00. The van der Waals surface area contributed by atoms with Gasteiger partial charge in [-0.2, -0.15) is 0 Å². The highest BCUT2D eigenvalue weighted by Crippen LogP contribution is 2.37. The Balaban J connectivity index is 2.08. The fourth-order valence-electron chi connectivity index (χ4n) is 1.09. The third-order valence-corrected chi connectivity index (χ3v) is 5.04. The zero-order valence-electron chi connectivity index (χ0n) is 7.42. The Morgan fingerprint density at radius 1 is 1.43 bits per heavy atom. The molecule has 0 aliphatic carbocycles. The molecule has 14 heavy (non-hydrogen) atoms. The second-order valence-corrected chi connectivity index (χ2v) is 5.98. The van der Waals surface area contributed by atoms with E-state index in [0.29, 0.717) is 11.8 Å². The van der Waals surface area contributed by atoms with Crippen LogP contribution in [0.15, 0.2) is 33.4 Å². The fourth-order valence-corrected chi connectivity index (χ4v) is 3.87. The SMILES string of the molecule is NCC(Sc1nccs1)c1cccs1. The molecule has 0 aliphatic rings. The van der Waals surface area contributed by atoms with E-state index >= 15 is 0 Å². The standard InChI is InChI=1S/C9H10N2S3/c10-6-8(7-2-1-4-12-7)14-9-11-3-5-13-9/h1-5,8H,6,10H2. The summed E-state index contributed by atoms with van der Waals surface area (Å²) >= 11 is 5.16. The minimum atomic E-state index is 0.348. The van der Waals surface area contributed by atoms with Crippen LogP contribution in [-0.2, 0) is 0 Å². The second kappa shape index (κ2) is 4.93. The lowest BCUT2D eigenvalue weighted by molar-refractivity contribution is 0.958. The number of aromatic nitrogens is 1. The molecule has 1 unspecified atom stereocenters. The number of thiazole rings is 1. The molecule has 2 heterocycles. The summed E-state index contributed by atoms with van der Waals surface area (Å²) < 4.78 is 1.09. The molecule has 0 aromatic carbocycles. The average Bonchev–Trinajstić information content (AvgIpc) is 2.86. The van der Waals surface area contributed by atoms with Crippen molar-refractivity contribution >= 4 is 34.4 Å². The summed E-state index contributed by atoms with van der Waals surface area (Å²) in [5.74, 6) is 0. The van der Waals surface area contributed by atoms with Gasteiger partial charge in [-0.3, -0.25) is 0 Å². The quantitative estimate of drug-likeness (QED) is 0.838. The minimum Gasteiger partial charge on any atom is -0.329 e. The number of hydrogen-bond acceptors (Lipinski definition) is 5. The van der Waals surface area contributed by atoms with E-state index in [2.05, 4.69) is 22.5 Å². The van der Waals surface area contributed by atoms with Crippen LogP contribution in [0.2, 0.25) is 0 Å². The largest absolute Gasteiger partial charge is 0.329 e. The number of nitrogens with two attached hydrogens (primary N) is 1. The maximum Gasteiger partial charge on any atom is 0.150 e. The van der Waals surface area contributed by atoms with Crippen LogP contribution in [0.25, 0.3) is 0 Å². The molecule has 5 heteroatoms. The Morgan fingerprint density at radius 2 is 2.36 bits per heavy atom. The maximum absolute atomic E-state index is 5.74. The van der Waals surface area contributed by atoms with Gasteiger partial charge in [0.05, 0.1) is 5.25 Å². The van der Waals surface area contributed by atoms with Gasteiger partial charge in [-0.15, -0.1) is 22.7 Å². The number of thioether (sulfide) groups is 1. The highest BCUT2D eigenvalue weighted by Gasteiger charge is 2.13. The van der Waals surface area contributed by atoms with Gasteiger partial charge in [-0.05, 0) is 11.4 Å². The molecule has 2 aromatic rings. The Hall–Kier alpha value is -0.360. The first-order valence-electron chi connectivity index (χ1n) is 4.20. The molecule has 2 rings (SSSR count). The van der Waals surface area contributed by atoms with Gasteiger partial charge in [0.15, 0.2) is 0 Å². The van der Waals surface area contributed by atoms with Gasteiger partial charge in [0.1, 0.15) is 4.34 Å². The van der Waals surface area contributed by atoms with Gasteiger partial charge < -0.3 is 5.73 Å². The highest BCUT2D eigenvalue weighted by molar-refractivity contribution is 8.01. The predicted molar refractivity (Wildman–Crippen MR) is 64.1 cm³/mol. The summed E-state index contributed by atoms with van der Waals surface area (Å²) in [6, 6.07) is 4.19. The summed E-state index contributed by atoms with van der Waals surface area (Å²) in [7, 11) is 0. The van der Waals surface area contributed by atoms with Crippen LogP contribution in [0.1, 0.15) is 10.1 Å². The molecule has 0 spiro atoms. The van der Waals surface area contributed by atoms with Gasteiger partial charge >= 0.3 is 0 Å². The Morgan fingerprint density at radius 3 is 2.93 bits per heavy atom. The van der Waals surface area contributed by atoms with Crippen molar-refractivity contribution < 1.29 is 0 Å². The monoisotopic (exact) mass is 242 g/mol. The van der Waals surface area contributed by atoms with E-state index in [1.54, 1.807) is 34.4 Å². The number of thiophene rings is 1. The van der Waals surface area contributed by atoms with E-state index < -0.39 is 0 Å². The lowest BCUT2D eigenvalue weighted by Gasteiger charge is -2.09. The molecule has 0 radical (unpaired) electrons. The molecule has 74 valence electrons. The van der Waals surface area contributed by atoms with Crippen LogP contribution in [0.4, 0.5) is 0 Å². The van der Waals surface area contributed by atoms with Crippen molar-refractivity contribution in [2.75, 3.05) is 6.54 Å². The molecular formula is C9H10N2S3. The van der Waals surface area contributed by atoms with Crippen LogP contribution < -0.4 is 5.73 Å². The van der Waals surface area contributed by atoms with Gasteiger partial charge in [0.2, 0.25) is 0 Å². The zero-order valence-corrected chi connectivity index (χ0v) is 9.87. The van der Waals surface area contributed by atoms with E-state index in [4.69, 9.17) is 5.73 Å². The van der Waals surface area contributed by atoms with Crippen molar-refractivity contribution in [2.24, 2.45) is 5.73 Å². The summed E-state index contributed by atoms with van der Waals surface area (Å²) in [4.78, 5) is 5.57. The van der Waals surface area contributed by atoms with E-state index in [1.807, 2.05) is 11.6 Å². The minimum absolute atomic E-state index is 0.348. The van der Waals surface area contributed by atoms with Crippen molar-refractivity contribution in [3.8, 4) is 0 Å². The van der Waals surface area contributed by atoms with Gasteiger partial charge in [-0.25, -0.2) is 4.98 Å². The summed E-state index contributed by atoms with van der Waals surface area (Å²) in [5.41, 5.74) is 5.74.